The Labute approximate surface area is 145 Å². The summed E-state index contributed by atoms with van der Waals surface area (Å²) in [5.74, 6) is 1.31. The van der Waals surface area contributed by atoms with Gasteiger partial charge in [0.05, 0.1) is 34.8 Å². The molecular weight excluding hydrogens is 382 g/mol. The molecule has 23 heavy (non-hydrogen) atoms. The van der Waals surface area contributed by atoms with E-state index < -0.39 is 0 Å². The first-order chi connectivity index (χ1) is 11.2. The van der Waals surface area contributed by atoms with Gasteiger partial charge in [-0.1, -0.05) is 12.1 Å². The highest BCUT2D eigenvalue weighted by molar-refractivity contribution is 9.10. The van der Waals surface area contributed by atoms with Crippen LogP contribution in [-0.2, 0) is 0 Å². The Morgan fingerprint density at radius 3 is 2.70 bits per heavy atom. The number of halogens is 2. The van der Waals surface area contributed by atoms with Gasteiger partial charge in [-0.25, -0.2) is 9.97 Å². The molecule has 0 N–H and O–H groups in total. The Hall–Kier alpha value is -1.99. The fraction of sp³-hybridized carbons (Fsp3) is 0.200. The summed E-state index contributed by atoms with van der Waals surface area (Å²) in [5, 5.41) is 0.166. The largest absolute Gasteiger partial charge is 0.470 e. The van der Waals surface area contributed by atoms with Crippen molar-refractivity contribution in [2.75, 3.05) is 18.0 Å². The monoisotopic (exact) mass is 391 g/mol. The maximum absolute atomic E-state index is 5.83. The number of fused-ring (bicyclic) bond motifs is 1. The zero-order valence-electron chi connectivity index (χ0n) is 11.9. The van der Waals surface area contributed by atoms with E-state index >= 15 is 0 Å². The molecule has 3 heterocycles. The molecule has 1 aliphatic heterocycles. The highest BCUT2D eigenvalue weighted by atomic mass is 79.9. The molecule has 8 heteroatoms. The molecule has 0 atom stereocenters. The summed E-state index contributed by atoms with van der Waals surface area (Å²) in [6, 6.07) is 7.82. The Morgan fingerprint density at radius 2 is 1.87 bits per heavy atom. The summed E-state index contributed by atoms with van der Waals surface area (Å²) in [6.45, 7) is 1.45. The highest BCUT2D eigenvalue weighted by Gasteiger charge is 2.30. The number of rotatable bonds is 3. The molecule has 116 valence electrons. The third kappa shape index (κ3) is 2.94. The second kappa shape index (κ2) is 5.90. The minimum absolute atomic E-state index is 0.0329. The molecule has 0 aliphatic carbocycles. The average Bonchev–Trinajstić information content (AvgIpc) is 2.53. The van der Waals surface area contributed by atoms with E-state index in [9.17, 15) is 0 Å². The minimum atomic E-state index is 0.0329. The molecule has 0 unspecified atom stereocenters. The van der Waals surface area contributed by atoms with Crippen molar-refractivity contribution in [3.8, 4) is 5.88 Å². The molecule has 4 rings (SSSR count). The van der Waals surface area contributed by atoms with Crippen LogP contribution in [-0.4, -0.2) is 39.1 Å². The Balaban J connectivity index is 1.45. The first kappa shape index (κ1) is 14.6. The van der Waals surface area contributed by atoms with Crippen LogP contribution in [0.2, 0.25) is 5.28 Å². The van der Waals surface area contributed by atoms with Crippen LogP contribution in [0.4, 0.5) is 5.82 Å². The van der Waals surface area contributed by atoms with Gasteiger partial charge in [-0.05, 0) is 39.7 Å². The molecule has 3 aromatic rings. The molecule has 2 aromatic heterocycles. The summed E-state index contributed by atoms with van der Waals surface area (Å²) in [7, 11) is 0. The summed E-state index contributed by atoms with van der Waals surface area (Å²) >= 11 is 9.14. The molecule has 0 radical (unpaired) electrons. The van der Waals surface area contributed by atoms with E-state index in [2.05, 4.69) is 40.8 Å². The van der Waals surface area contributed by atoms with Gasteiger partial charge in [0, 0.05) is 6.20 Å². The summed E-state index contributed by atoms with van der Waals surface area (Å²) in [4.78, 5) is 19.1. The van der Waals surface area contributed by atoms with Gasteiger partial charge < -0.3 is 9.64 Å². The van der Waals surface area contributed by atoms with Gasteiger partial charge in [0.2, 0.25) is 11.2 Å². The van der Waals surface area contributed by atoms with Crippen LogP contribution in [0.15, 0.2) is 41.1 Å². The lowest BCUT2D eigenvalue weighted by Gasteiger charge is -2.39. The number of anilines is 1. The Morgan fingerprint density at radius 1 is 1.09 bits per heavy atom. The van der Waals surface area contributed by atoms with Crippen molar-refractivity contribution in [1.82, 2.24) is 19.9 Å². The molecule has 0 bridgehead atoms. The molecule has 1 aromatic carbocycles. The number of hydrogen-bond acceptors (Lipinski definition) is 6. The van der Waals surface area contributed by atoms with Crippen molar-refractivity contribution < 1.29 is 4.74 Å². The zero-order valence-corrected chi connectivity index (χ0v) is 14.2. The quantitative estimate of drug-likeness (QED) is 0.638. The van der Waals surface area contributed by atoms with E-state index in [0.717, 1.165) is 29.9 Å². The van der Waals surface area contributed by atoms with E-state index in [1.54, 1.807) is 12.4 Å². The lowest BCUT2D eigenvalue weighted by molar-refractivity contribution is 0.158. The second-order valence-corrected chi connectivity index (χ2v) is 6.35. The van der Waals surface area contributed by atoms with Crippen LogP contribution in [0.3, 0.4) is 0 Å². The topological polar surface area (TPSA) is 64.0 Å². The smallest absolute Gasteiger partial charge is 0.232 e. The summed E-state index contributed by atoms with van der Waals surface area (Å²) < 4.78 is 6.51. The van der Waals surface area contributed by atoms with Crippen LogP contribution < -0.4 is 9.64 Å². The molecular formula is C15H11BrClN5O. The maximum Gasteiger partial charge on any atom is 0.232 e. The third-order valence-electron chi connectivity index (χ3n) is 3.57. The van der Waals surface area contributed by atoms with Crippen LogP contribution >= 0.6 is 27.5 Å². The predicted molar refractivity (Wildman–Crippen MR) is 90.9 cm³/mol. The molecule has 0 spiro atoms. The van der Waals surface area contributed by atoms with Crippen molar-refractivity contribution in [3.63, 3.8) is 0 Å². The van der Waals surface area contributed by atoms with Gasteiger partial charge in [0.1, 0.15) is 11.9 Å². The fourth-order valence-corrected chi connectivity index (χ4v) is 2.78. The van der Waals surface area contributed by atoms with Crippen LogP contribution in [0.5, 0.6) is 5.88 Å². The number of benzene rings is 1. The SMILES string of the molecule is Clc1ncc(Br)c(OC2CN(c3cnc4ccccc4n3)C2)n1. The Kier molecular flexibility index (Phi) is 3.74. The number of hydrogen-bond donors (Lipinski definition) is 0. The van der Waals surface area contributed by atoms with E-state index in [4.69, 9.17) is 16.3 Å². The number of nitrogens with zero attached hydrogens (tertiary/aromatic N) is 5. The van der Waals surface area contributed by atoms with E-state index in [1.165, 1.54) is 0 Å². The molecule has 1 aliphatic rings. The van der Waals surface area contributed by atoms with Crippen LogP contribution in [0.1, 0.15) is 0 Å². The van der Waals surface area contributed by atoms with Crippen LogP contribution in [0.25, 0.3) is 11.0 Å². The molecule has 1 fully saturated rings. The minimum Gasteiger partial charge on any atom is -0.470 e. The average molecular weight is 393 g/mol. The van der Waals surface area contributed by atoms with Crippen molar-refractivity contribution in [3.05, 3.63) is 46.4 Å². The summed E-state index contributed by atoms with van der Waals surface area (Å²) in [6.07, 6.45) is 3.40. The van der Waals surface area contributed by atoms with Gasteiger partial charge in [0.25, 0.3) is 0 Å². The van der Waals surface area contributed by atoms with Gasteiger partial charge in [-0.3, -0.25) is 4.98 Å². The van der Waals surface area contributed by atoms with Gasteiger partial charge in [-0.2, -0.15) is 4.98 Å². The normalized spacial score (nSPS) is 14.8. The first-order valence-corrected chi connectivity index (χ1v) is 8.17. The van der Waals surface area contributed by atoms with Crippen molar-refractivity contribution in [2.45, 2.75) is 6.10 Å². The van der Waals surface area contributed by atoms with E-state index in [1.807, 2.05) is 24.3 Å². The second-order valence-electron chi connectivity index (χ2n) is 5.15. The van der Waals surface area contributed by atoms with Gasteiger partial charge in [0.15, 0.2) is 0 Å². The third-order valence-corrected chi connectivity index (χ3v) is 4.29. The Bertz CT molecular complexity index is 871. The number of aromatic nitrogens is 4. The van der Waals surface area contributed by atoms with Crippen molar-refractivity contribution in [2.24, 2.45) is 0 Å². The van der Waals surface area contributed by atoms with E-state index in [0.29, 0.717) is 10.4 Å². The standard InChI is InChI=1S/C15H11BrClN5O/c16-10-5-19-15(17)21-14(10)23-9-7-22(8-9)13-6-18-11-3-1-2-4-12(11)20-13/h1-6,9H,7-8H2. The lowest BCUT2D eigenvalue weighted by Crippen LogP contribution is -2.54. The van der Waals surface area contributed by atoms with Gasteiger partial charge >= 0.3 is 0 Å². The summed E-state index contributed by atoms with van der Waals surface area (Å²) in [5.41, 5.74) is 1.78. The predicted octanol–water partition coefficient (Wildman–Crippen LogP) is 3.10. The first-order valence-electron chi connectivity index (χ1n) is 7.00. The van der Waals surface area contributed by atoms with Crippen molar-refractivity contribution >= 4 is 44.4 Å². The van der Waals surface area contributed by atoms with Crippen LogP contribution in [0, 0.1) is 0 Å². The fourth-order valence-electron chi connectivity index (χ4n) is 2.37. The maximum atomic E-state index is 5.83. The highest BCUT2D eigenvalue weighted by Crippen LogP contribution is 2.27. The lowest BCUT2D eigenvalue weighted by atomic mass is 10.1. The number of ether oxygens (including phenoxy) is 1. The number of para-hydroxylation sites is 2. The van der Waals surface area contributed by atoms with Gasteiger partial charge in [-0.15, -0.1) is 0 Å². The molecule has 0 saturated carbocycles. The van der Waals surface area contributed by atoms with Crippen molar-refractivity contribution in [1.29, 1.82) is 0 Å². The molecule has 0 amide bonds. The molecule has 6 nitrogen and oxygen atoms in total. The van der Waals surface area contributed by atoms with E-state index in [-0.39, 0.29) is 11.4 Å². The zero-order chi connectivity index (χ0) is 15.8. The molecule has 1 saturated heterocycles.